The van der Waals surface area contributed by atoms with E-state index in [-0.39, 0.29) is 134 Å². The van der Waals surface area contributed by atoms with Crippen molar-refractivity contribution in [2.45, 2.75) is 14.7 Å². The molecular weight excluding hydrogens is 1100 g/mol. The lowest BCUT2D eigenvalue weighted by atomic mass is 9.98. The second-order valence-electron chi connectivity index (χ2n) is 17.2. The minimum absolute atomic E-state index is 0.0467. The molecule has 0 fully saturated rings. The molecule has 0 atom stereocenters. The van der Waals surface area contributed by atoms with E-state index in [1.54, 1.807) is 0 Å². The van der Waals surface area contributed by atoms with Gasteiger partial charge in [-0.05, 0) is 109 Å². The van der Waals surface area contributed by atoms with Crippen molar-refractivity contribution in [1.82, 2.24) is 28.7 Å². The van der Waals surface area contributed by atoms with Crippen LogP contribution in [0.4, 0.5) is 0 Å². The summed E-state index contributed by atoms with van der Waals surface area (Å²) in [7, 11) is -14.6. The zero-order chi connectivity index (χ0) is 58.0. The van der Waals surface area contributed by atoms with Crippen molar-refractivity contribution in [3.63, 3.8) is 0 Å². The largest absolute Gasteiger partial charge is 0.294 e. The van der Waals surface area contributed by atoms with Gasteiger partial charge in [-0.15, -0.1) is 0 Å². The quantitative estimate of drug-likeness (QED) is 0.119. The molecule has 3 heterocycles. The van der Waals surface area contributed by atoms with Gasteiger partial charge in [-0.1, -0.05) is 0 Å². The molecule has 0 aliphatic heterocycles. The third kappa shape index (κ3) is 8.59. The van der Waals surface area contributed by atoms with E-state index in [0.29, 0.717) is 0 Å². The van der Waals surface area contributed by atoms with Crippen molar-refractivity contribution >= 4 is 63.5 Å². The highest BCUT2D eigenvalue weighted by molar-refractivity contribution is 7.86. The highest BCUT2D eigenvalue weighted by Crippen LogP contribution is 2.47. The third-order valence-electron chi connectivity index (χ3n) is 12.7. The Balaban J connectivity index is 1.60. The number of nitriles is 9. The molecule has 7 aromatic carbocycles. The Hall–Kier alpha value is -11.9. The number of fused-ring (bicyclic) bond motifs is 6. The molecule has 3 aromatic heterocycles. The Kier molecular flexibility index (Phi) is 12.5. The van der Waals surface area contributed by atoms with Crippen molar-refractivity contribution in [1.29, 1.82) is 47.4 Å². The molecule has 0 unspecified atom stereocenters. The molecule has 0 saturated carbocycles. The van der Waals surface area contributed by atoms with Crippen molar-refractivity contribution in [3.8, 4) is 106 Å². The summed E-state index contributed by atoms with van der Waals surface area (Å²) in [5, 5.41) is 94.7. The lowest BCUT2D eigenvalue weighted by Gasteiger charge is -2.14. The van der Waals surface area contributed by atoms with Gasteiger partial charge in [0.15, 0.2) is 0 Å². The van der Waals surface area contributed by atoms with E-state index in [2.05, 4.69) is 0 Å². The summed E-state index contributed by atoms with van der Waals surface area (Å²) in [6.45, 7) is 0. The Morgan fingerprint density at radius 1 is 0.321 bits per heavy atom. The molecular formula is C54H21N15O9S3. The van der Waals surface area contributed by atoms with Gasteiger partial charge in [-0.3, -0.25) is 27.4 Å². The van der Waals surface area contributed by atoms with Crippen LogP contribution < -0.4 is 0 Å². The zero-order valence-corrected chi connectivity index (χ0v) is 42.6. The molecule has 384 valence electrons. The molecule has 10 aromatic rings. The van der Waals surface area contributed by atoms with Gasteiger partial charge in [0.2, 0.25) is 0 Å². The van der Waals surface area contributed by atoms with Gasteiger partial charge in [0.1, 0.15) is 50.6 Å². The predicted octanol–water partition coefficient (Wildman–Crippen LogP) is 7.29. The smallest absolute Gasteiger partial charge is 0.290 e. The van der Waals surface area contributed by atoms with Gasteiger partial charge in [-0.25, -0.2) is 15.0 Å². The van der Waals surface area contributed by atoms with E-state index in [1.165, 1.54) is 50.1 Å². The highest BCUT2D eigenvalue weighted by Gasteiger charge is 2.34. The van der Waals surface area contributed by atoms with Crippen LogP contribution in [0, 0.1) is 102 Å². The second-order valence-corrected chi connectivity index (χ2v) is 21.4. The summed E-state index contributed by atoms with van der Waals surface area (Å²) in [6.07, 6.45) is 0. The first-order valence-electron chi connectivity index (χ1n) is 22.5. The first-order valence-corrected chi connectivity index (χ1v) is 26.8. The SMILES string of the molecule is N#Cc1cc(C#N)c(-c2nc3c(c4nc(-c5c(C#N)cc(C#N)cc5C#N)n(-c5ccc(S(=O)(=O)O)cc5)c4c4nc(-c5c(C#N)cc(C#N)cc5C#N)n(-c5ccc(S(=O)(=O)O)cc5)c34)n2-c2ccc(S(=O)(=O)O)cc2)c(C#N)c1. The molecule has 81 heavy (non-hydrogen) atoms. The van der Waals surface area contributed by atoms with Crippen LogP contribution in [0.2, 0.25) is 0 Å². The maximum absolute atomic E-state index is 12.5. The van der Waals surface area contributed by atoms with E-state index in [4.69, 9.17) is 15.0 Å². The topological polar surface area (TPSA) is 431 Å². The number of nitrogens with zero attached hydrogens (tertiary/aromatic N) is 15. The molecule has 0 aliphatic carbocycles. The number of hydrogen-bond donors (Lipinski definition) is 3. The number of imidazole rings is 3. The van der Waals surface area contributed by atoms with E-state index in [0.717, 1.165) is 72.8 Å². The first-order chi connectivity index (χ1) is 38.7. The number of hydrogen-bond acceptors (Lipinski definition) is 18. The lowest BCUT2D eigenvalue weighted by Crippen LogP contribution is -2.04. The summed E-state index contributed by atoms with van der Waals surface area (Å²) in [4.78, 5) is 13.5. The first kappa shape index (κ1) is 52.5. The Morgan fingerprint density at radius 3 is 0.679 bits per heavy atom. The predicted molar refractivity (Wildman–Crippen MR) is 279 cm³/mol. The molecule has 24 nitrogen and oxygen atoms in total. The minimum Gasteiger partial charge on any atom is -0.290 e. The highest BCUT2D eigenvalue weighted by atomic mass is 32.2. The van der Waals surface area contributed by atoms with Crippen molar-refractivity contribution < 1.29 is 38.9 Å². The third-order valence-corrected chi connectivity index (χ3v) is 15.3. The van der Waals surface area contributed by atoms with Crippen molar-refractivity contribution in [2.75, 3.05) is 0 Å². The van der Waals surface area contributed by atoms with E-state index in [9.17, 15) is 86.3 Å². The van der Waals surface area contributed by atoms with Crippen LogP contribution in [0.3, 0.4) is 0 Å². The number of rotatable bonds is 9. The lowest BCUT2D eigenvalue weighted by molar-refractivity contribution is 0.481. The van der Waals surface area contributed by atoms with Crippen LogP contribution in [0.1, 0.15) is 50.1 Å². The monoisotopic (exact) mass is 1120 g/mol. The summed E-state index contributed by atoms with van der Waals surface area (Å²) >= 11 is 0. The second kappa shape index (κ2) is 19.3. The molecule has 0 spiro atoms. The van der Waals surface area contributed by atoms with Gasteiger partial charge in [0, 0.05) is 17.1 Å². The molecule has 0 bridgehead atoms. The summed E-state index contributed by atoms with van der Waals surface area (Å²) < 4.78 is 109. The van der Waals surface area contributed by atoms with Gasteiger partial charge >= 0.3 is 0 Å². The van der Waals surface area contributed by atoms with Gasteiger partial charge < -0.3 is 0 Å². The van der Waals surface area contributed by atoms with Crippen LogP contribution in [-0.4, -0.2) is 67.6 Å². The fourth-order valence-corrected chi connectivity index (χ4v) is 10.8. The van der Waals surface area contributed by atoms with E-state index >= 15 is 0 Å². The normalized spacial score (nSPS) is 11.3. The summed E-state index contributed by atoms with van der Waals surface area (Å²) in [5.41, 5.74) is -4.34. The maximum atomic E-state index is 12.5. The number of benzene rings is 7. The summed E-state index contributed by atoms with van der Waals surface area (Å²) in [6, 6.07) is 37.7. The summed E-state index contributed by atoms with van der Waals surface area (Å²) in [5.74, 6) is -0.949. The maximum Gasteiger partial charge on any atom is 0.294 e. The molecule has 0 radical (unpaired) electrons. The average molecular weight is 1120 g/mol. The average Bonchev–Trinajstić information content (AvgIpc) is 3.73. The molecule has 10 rings (SSSR count). The molecule has 0 saturated heterocycles. The van der Waals surface area contributed by atoms with Crippen LogP contribution >= 0.6 is 0 Å². The Bertz CT molecular complexity index is 4630. The van der Waals surface area contributed by atoms with Crippen LogP contribution in [0.25, 0.3) is 84.3 Å². The minimum atomic E-state index is -4.88. The van der Waals surface area contributed by atoms with Crippen molar-refractivity contribution in [2.24, 2.45) is 0 Å². The zero-order valence-electron chi connectivity index (χ0n) is 40.1. The van der Waals surface area contributed by atoms with Crippen molar-refractivity contribution in [3.05, 3.63) is 159 Å². The number of aromatic nitrogens is 6. The fraction of sp³-hybridized carbons (Fsp3) is 0. The van der Waals surface area contributed by atoms with Gasteiger partial charge in [-0.2, -0.15) is 72.6 Å². The van der Waals surface area contributed by atoms with E-state index < -0.39 is 45.0 Å². The molecule has 0 aliphatic rings. The Morgan fingerprint density at radius 2 is 0.519 bits per heavy atom. The molecule has 0 amide bonds. The standard InChI is InChI=1S/C54H21N15O9S3/c55-19-28-13-31(22-58)43(32(14-28)23-59)52-64-46-49(67(52)37-1-7-40(8-2-37)79(70,71)72)47-51(69(39-5-11-42(12-6-39)81(76,77)78)53(65-47)44-33(24-60)15-29(20-56)16-34(44)25-61)48-50(46)68(38-3-9-41(10-4-38)80(73,74)75)54(66-48)45-35(26-62)17-30(21-57)18-36(45)27-63/h1-18H,(H,70,71,72)(H,73,74,75)(H,76,77,78). The fourth-order valence-electron chi connectivity index (χ4n) is 9.34. The van der Waals surface area contributed by atoms with Crippen LogP contribution in [-0.2, 0) is 30.4 Å². The Labute approximate surface area is 455 Å². The molecule has 27 heteroatoms. The van der Waals surface area contributed by atoms with Crippen LogP contribution in [0.15, 0.2) is 124 Å². The van der Waals surface area contributed by atoms with E-state index in [1.807, 2.05) is 54.6 Å². The van der Waals surface area contributed by atoms with Gasteiger partial charge in [0.25, 0.3) is 30.4 Å². The molecule has 3 N–H and O–H groups in total. The van der Waals surface area contributed by atoms with Gasteiger partial charge in [0.05, 0.1) is 136 Å². The van der Waals surface area contributed by atoms with Crippen LogP contribution in [0.5, 0.6) is 0 Å².